The molecule has 0 aliphatic carbocycles. The van der Waals surface area contributed by atoms with Crippen LogP contribution in [0.3, 0.4) is 0 Å². The fourth-order valence-corrected chi connectivity index (χ4v) is 4.32. The first kappa shape index (κ1) is 20.8. The average Bonchev–Trinajstić information content (AvgIpc) is 3.38. The Hall–Kier alpha value is -1.92. The minimum atomic E-state index is 0.647. The third-order valence-electron chi connectivity index (χ3n) is 5.15. The largest absolute Gasteiger partial charge is 0.357 e. The lowest BCUT2D eigenvalue weighted by Crippen LogP contribution is -2.40. The first-order valence-corrected chi connectivity index (χ1v) is 11.3. The van der Waals surface area contributed by atoms with Gasteiger partial charge in [0.1, 0.15) is 5.01 Å². The van der Waals surface area contributed by atoms with Crippen molar-refractivity contribution >= 4 is 17.3 Å². The highest BCUT2D eigenvalue weighted by Gasteiger charge is 2.22. The van der Waals surface area contributed by atoms with Crippen molar-refractivity contribution in [3.8, 4) is 0 Å². The summed E-state index contributed by atoms with van der Waals surface area (Å²) in [5, 5.41) is 7.98. The van der Waals surface area contributed by atoms with Gasteiger partial charge in [0, 0.05) is 37.3 Å². The van der Waals surface area contributed by atoms with Crippen LogP contribution in [0.2, 0.25) is 0 Å². The van der Waals surface area contributed by atoms with E-state index in [1.54, 1.807) is 11.3 Å². The lowest BCUT2D eigenvalue weighted by molar-refractivity contribution is 0.328. The highest BCUT2D eigenvalue weighted by molar-refractivity contribution is 7.11. The lowest BCUT2D eigenvalue weighted by Gasteiger charge is -2.17. The summed E-state index contributed by atoms with van der Waals surface area (Å²) >= 11 is 1.76. The first-order chi connectivity index (χ1) is 13.8. The van der Waals surface area contributed by atoms with Crippen LogP contribution in [0.4, 0.5) is 0 Å². The molecule has 0 amide bonds. The lowest BCUT2D eigenvalue weighted by atomic mass is 10.1. The van der Waals surface area contributed by atoms with E-state index in [0.717, 1.165) is 43.4 Å². The van der Waals surface area contributed by atoms with Gasteiger partial charge in [-0.3, -0.25) is 0 Å². The van der Waals surface area contributed by atoms with Gasteiger partial charge in [-0.25, -0.2) is 9.98 Å². The smallest absolute Gasteiger partial charge is 0.191 e. The summed E-state index contributed by atoms with van der Waals surface area (Å²) in [7, 11) is 0. The van der Waals surface area contributed by atoms with Gasteiger partial charge in [0.25, 0.3) is 0 Å². The normalized spacial score (nSPS) is 17.8. The summed E-state index contributed by atoms with van der Waals surface area (Å²) < 4.78 is 0. The van der Waals surface area contributed by atoms with Crippen LogP contribution in [0, 0.1) is 5.92 Å². The maximum absolute atomic E-state index is 4.72. The monoisotopic (exact) mass is 399 g/mol. The number of thiazole rings is 1. The number of guanidine groups is 1. The van der Waals surface area contributed by atoms with Crippen LogP contribution in [-0.4, -0.2) is 48.6 Å². The van der Waals surface area contributed by atoms with Crippen LogP contribution in [-0.2, 0) is 19.4 Å². The van der Waals surface area contributed by atoms with Crippen LogP contribution in [0.25, 0.3) is 0 Å². The van der Waals surface area contributed by atoms with Gasteiger partial charge in [-0.2, -0.15) is 0 Å². The number of nitrogens with zero attached hydrogens (tertiary/aromatic N) is 3. The maximum atomic E-state index is 4.72. The van der Waals surface area contributed by atoms with Crippen molar-refractivity contribution in [2.24, 2.45) is 10.9 Å². The molecule has 0 bridgehead atoms. The molecule has 0 radical (unpaired) electrons. The molecule has 5 nitrogen and oxygen atoms in total. The molecule has 2 N–H and O–H groups in total. The van der Waals surface area contributed by atoms with E-state index in [9.17, 15) is 0 Å². The number of rotatable bonds is 9. The predicted octanol–water partition coefficient (Wildman–Crippen LogP) is 3.33. The Morgan fingerprint density at radius 1 is 1.25 bits per heavy atom. The molecule has 1 aliphatic heterocycles. The Morgan fingerprint density at radius 2 is 2.11 bits per heavy atom. The molecule has 1 atom stereocenters. The summed E-state index contributed by atoms with van der Waals surface area (Å²) in [5.74, 6) is 1.59. The van der Waals surface area contributed by atoms with E-state index >= 15 is 0 Å². The molecule has 2 heterocycles. The SMILES string of the molecule is CCNC(=NCc1ncc(CC)s1)NCC1CCN(CCc2ccccc2)C1. The molecule has 1 aliphatic rings. The van der Waals surface area contributed by atoms with E-state index < -0.39 is 0 Å². The van der Waals surface area contributed by atoms with Gasteiger partial charge in [-0.15, -0.1) is 11.3 Å². The number of hydrogen-bond acceptors (Lipinski definition) is 4. The summed E-state index contributed by atoms with van der Waals surface area (Å²) in [4.78, 5) is 13.1. The highest BCUT2D eigenvalue weighted by Crippen LogP contribution is 2.16. The van der Waals surface area contributed by atoms with Crippen molar-refractivity contribution in [1.29, 1.82) is 0 Å². The van der Waals surface area contributed by atoms with Gasteiger partial charge >= 0.3 is 0 Å². The molecule has 28 heavy (non-hydrogen) atoms. The van der Waals surface area contributed by atoms with Gasteiger partial charge in [-0.1, -0.05) is 37.3 Å². The zero-order chi connectivity index (χ0) is 19.6. The van der Waals surface area contributed by atoms with Gasteiger partial charge in [0.05, 0.1) is 6.54 Å². The van der Waals surface area contributed by atoms with E-state index in [1.165, 1.54) is 30.0 Å². The molecule has 1 fully saturated rings. The number of aryl methyl sites for hydroxylation is 1. The highest BCUT2D eigenvalue weighted by atomic mass is 32.1. The molecule has 3 rings (SSSR count). The zero-order valence-corrected chi connectivity index (χ0v) is 18.0. The van der Waals surface area contributed by atoms with E-state index in [4.69, 9.17) is 4.99 Å². The fraction of sp³-hybridized carbons (Fsp3) is 0.545. The molecule has 1 unspecified atom stereocenters. The number of nitrogens with one attached hydrogen (secondary N) is 2. The van der Waals surface area contributed by atoms with E-state index in [1.807, 2.05) is 6.20 Å². The zero-order valence-electron chi connectivity index (χ0n) is 17.2. The average molecular weight is 400 g/mol. The Bertz CT molecular complexity index is 728. The molecule has 0 spiro atoms. The Kier molecular flexibility index (Phi) is 8.30. The summed E-state index contributed by atoms with van der Waals surface area (Å²) in [5.41, 5.74) is 1.43. The number of likely N-dealkylation sites (tertiary alicyclic amines) is 1. The summed E-state index contributed by atoms with van der Waals surface area (Å²) in [6.07, 6.45) is 5.41. The van der Waals surface area contributed by atoms with Crippen molar-refractivity contribution in [3.63, 3.8) is 0 Å². The molecule has 2 aromatic rings. The van der Waals surface area contributed by atoms with Gasteiger partial charge < -0.3 is 15.5 Å². The standard InChI is InChI=1S/C22H33N5S/c1-3-20-15-24-21(28-20)16-26-22(23-4-2)25-14-19-11-13-27(17-19)12-10-18-8-6-5-7-9-18/h5-9,15,19H,3-4,10-14,16-17H2,1-2H3,(H2,23,25,26). The third kappa shape index (κ3) is 6.60. The van der Waals surface area contributed by atoms with Crippen molar-refractivity contribution in [3.05, 3.63) is 52.0 Å². The second-order valence-electron chi connectivity index (χ2n) is 7.34. The van der Waals surface area contributed by atoms with Crippen molar-refractivity contribution in [2.45, 2.75) is 39.7 Å². The Balaban J connectivity index is 1.41. The Labute approximate surface area is 173 Å². The van der Waals surface area contributed by atoms with E-state index in [-0.39, 0.29) is 0 Å². The van der Waals surface area contributed by atoms with E-state index in [2.05, 4.69) is 64.7 Å². The second-order valence-corrected chi connectivity index (χ2v) is 8.54. The minimum Gasteiger partial charge on any atom is -0.357 e. The number of benzene rings is 1. The minimum absolute atomic E-state index is 0.647. The molecular weight excluding hydrogens is 366 g/mol. The van der Waals surface area contributed by atoms with Crippen molar-refractivity contribution in [1.82, 2.24) is 20.5 Å². The predicted molar refractivity (Wildman–Crippen MR) is 119 cm³/mol. The summed E-state index contributed by atoms with van der Waals surface area (Å²) in [6, 6.07) is 10.8. The summed E-state index contributed by atoms with van der Waals surface area (Å²) in [6.45, 7) is 10.3. The molecule has 1 saturated heterocycles. The molecular formula is C22H33N5S. The van der Waals surface area contributed by atoms with Crippen LogP contribution >= 0.6 is 11.3 Å². The molecule has 0 saturated carbocycles. The van der Waals surface area contributed by atoms with Crippen LogP contribution in [0.1, 0.15) is 35.7 Å². The van der Waals surface area contributed by atoms with Crippen LogP contribution in [0.5, 0.6) is 0 Å². The first-order valence-electron chi connectivity index (χ1n) is 10.5. The maximum Gasteiger partial charge on any atom is 0.191 e. The quantitative estimate of drug-likeness (QED) is 0.502. The fourth-order valence-electron chi connectivity index (χ4n) is 3.53. The number of aromatic nitrogens is 1. The van der Waals surface area contributed by atoms with E-state index in [0.29, 0.717) is 12.5 Å². The molecule has 6 heteroatoms. The Morgan fingerprint density at radius 3 is 2.86 bits per heavy atom. The third-order valence-corrected chi connectivity index (χ3v) is 6.28. The van der Waals surface area contributed by atoms with Gasteiger partial charge in [0.2, 0.25) is 0 Å². The van der Waals surface area contributed by atoms with Crippen LogP contribution < -0.4 is 10.6 Å². The molecule has 152 valence electrons. The molecule has 1 aromatic heterocycles. The second kappa shape index (κ2) is 11.2. The van der Waals surface area contributed by atoms with Crippen molar-refractivity contribution in [2.75, 3.05) is 32.7 Å². The van der Waals surface area contributed by atoms with Crippen LogP contribution in [0.15, 0.2) is 41.5 Å². The van der Waals surface area contributed by atoms with Gasteiger partial charge in [0.15, 0.2) is 5.96 Å². The number of aliphatic imine (C=N–C) groups is 1. The number of hydrogen-bond donors (Lipinski definition) is 2. The van der Waals surface area contributed by atoms with Crippen molar-refractivity contribution < 1.29 is 0 Å². The topological polar surface area (TPSA) is 52.6 Å². The van der Waals surface area contributed by atoms with Gasteiger partial charge in [-0.05, 0) is 44.2 Å². The molecule has 1 aromatic carbocycles.